The van der Waals surface area contributed by atoms with Crippen LogP contribution in [0.4, 0.5) is 0 Å². The number of hydrogen-bond acceptors (Lipinski definition) is 1. The van der Waals surface area contributed by atoms with Gasteiger partial charge in [0, 0.05) is 0 Å². The maximum atomic E-state index is 6.16. The van der Waals surface area contributed by atoms with Gasteiger partial charge in [-0.05, 0) is 69.1 Å². The summed E-state index contributed by atoms with van der Waals surface area (Å²) in [6, 6.07) is 0. The first-order chi connectivity index (χ1) is 13.3. The Morgan fingerprint density at radius 1 is 0.667 bits per heavy atom. The van der Waals surface area contributed by atoms with Gasteiger partial charge in [-0.1, -0.05) is 83.8 Å². The quantitative estimate of drug-likeness (QED) is 0.231. The molecule has 1 heteroatoms. The lowest BCUT2D eigenvalue weighted by Gasteiger charge is -2.28. The Balaban J connectivity index is 1.47. The summed E-state index contributed by atoms with van der Waals surface area (Å²) >= 11 is 0. The van der Waals surface area contributed by atoms with Crippen LogP contribution in [0.5, 0.6) is 0 Å². The fourth-order valence-electron chi connectivity index (χ4n) is 5.24. The van der Waals surface area contributed by atoms with Crippen LogP contribution in [0.15, 0.2) is 12.2 Å². The maximum Gasteiger partial charge on any atom is 0.0651 e. The molecule has 0 aromatic heterocycles. The molecule has 2 fully saturated rings. The van der Waals surface area contributed by atoms with Crippen LogP contribution < -0.4 is 0 Å². The molecule has 2 aliphatic carbocycles. The van der Waals surface area contributed by atoms with Crippen molar-refractivity contribution in [3.8, 4) is 0 Å². The van der Waals surface area contributed by atoms with Crippen LogP contribution in [0.1, 0.15) is 123 Å². The Labute approximate surface area is 170 Å². The lowest BCUT2D eigenvalue weighted by atomic mass is 9.79. The molecule has 158 valence electrons. The number of allylic oxidation sites excluding steroid dienone is 1. The average Bonchev–Trinajstić information content (AvgIpc) is 2.71. The zero-order valence-electron chi connectivity index (χ0n) is 18.6. The second-order valence-corrected chi connectivity index (χ2v) is 9.53. The van der Waals surface area contributed by atoms with Gasteiger partial charge in [-0.25, -0.2) is 0 Å². The molecule has 0 spiro atoms. The van der Waals surface area contributed by atoms with Crippen LogP contribution >= 0.6 is 0 Å². The molecule has 0 aromatic carbocycles. The third kappa shape index (κ3) is 10.2. The SMILES string of the molecule is CCCCCCC1CCC(C=CCOC2CCC(CCCCC)CC2)CC1. The van der Waals surface area contributed by atoms with Gasteiger partial charge < -0.3 is 4.74 Å². The fraction of sp³-hybridized carbons (Fsp3) is 0.923. The summed E-state index contributed by atoms with van der Waals surface area (Å²) in [5.41, 5.74) is 0. The van der Waals surface area contributed by atoms with E-state index in [1.54, 1.807) is 0 Å². The van der Waals surface area contributed by atoms with E-state index in [0.29, 0.717) is 6.10 Å². The molecule has 0 aromatic rings. The molecule has 0 amide bonds. The smallest absolute Gasteiger partial charge is 0.0651 e. The lowest BCUT2D eigenvalue weighted by molar-refractivity contribution is 0.0331. The second-order valence-electron chi connectivity index (χ2n) is 9.53. The van der Waals surface area contributed by atoms with Crippen molar-refractivity contribution < 1.29 is 4.74 Å². The van der Waals surface area contributed by atoms with Gasteiger partial charge in [0.25, 0.3) is 0 Å². The van der Waals surface area contributed by atoms with Crippen molar-refractivity contribution in [3.63, 3.8) is 0 Å². The highest BCUT2D eigenvalue weighted by Gasteiger charge is 2.21. The van der Waals surface area contributed by atoms with Gasteiger partial charge in [-0.2, -0.15) is 0 Å². The van der Waals surface area contributed by atoms with Gasteiger partial charge in [-0.15, -0.1) is 0 Å². The molecule has 0 aliphatic heterocycles. The largest absolute Gasteiger partial charge is 0.374 e. The molecule has 0 N–H and O–H groups in total. The van der Waals surface area contributed by atoms with E-state index in [4.69, 9.17) is 4.74 Å². The molecule has 1 nitrogen and oxygen atoms in total. The third-order valence-electron chi connectivity index (χ3n) is 7.20. The summed E-state index contributed by atoms with van der Waals surface area (Å²) in [4.78, 5) is 0. The zero-order valence-corrected chi connectivity index (χ0v) is 18.6. The molecule has 0 radical (unpaired) electrons. The molecule has 0 heterocycles. The number of rotatable bonds is 13. The lowest BCUT2D eigenvalue weighted by Crippen LogP contribution is -2.21. The van der Waals surface area contributed by atoms with Gasteiger partial charge in [-0.3, -0.25) is 0 Å². The van der Waals surface area contributed by atoms with E-state index >= 15 is 0 Å². The van der Waals surface area contributed by atoms with Crippen molar-refractivity contribution in [2.75, 3.05) is 6.61 Å². The van der Waals surface area contributed by atoms with Gasteiger partial charge in [0.15, 0.2) is 0 Å². The summed E-state index contributed by atoms with van der Waals surface area (Å²) in [6.07, 6.45) is 29.4. The Hall–Kier alpha value is -0.300. The van der Waals surface area contributed by atoms with E-state index in [-0.39, 0.29) is 0 Å². The molecule has 0 atom stereocenters. The maximum absolute atomic E-state index is 6.16. The molecule has 27 heavy (non-hydrogen) atoms. The minimum absolute atomic E-state index is 0.538. The van der Waals surface area contributed by atoms with Crippen LogP contribution in [-0.4, -0.2) is 12.7 Å². The van der Waals surface area contributed by atoms with Crippen LogP contribution in [-0.2, 0) is 4.74 Å². The van der Waals surface area contributed by atoms with Crippen LogP contribution in [0, 0.1) is 17.8 Å². The molecule has 0 saturated heterocycles. The fourth-order valence-corrected chi connectivity index (χ4v) is 5.24. The minimum Gasteiger partial charge on any atom is -0.374 e. The predicted molar refractivity (Wildman–Crippen MR) is 119 cm³/mol. The van der Waals surface area contributed by atoms with Crippen molar-refractivity contribution in [1.82, 2.24) is 0 Å². The summed E-state index contributed by atoms with van der Waals surface area (Å²) in [6.45, 7) is 5.46. The van der Waals surface area contributed by atoms with Crippen molar-refractivity contribution in [2.24, 2.45) is 17.8 Å². The van der Waals surface area contributed by atoms with Gasteiger partial charge in [0.05, 0.1) is 12.7 Å². The Morgan fingerprint density at radius 3 is 1.85 bits per heavy atom. The summed E-state index contributed by atoms with van der Waals surface area (Å²) in [7, 11) is 0. The van der Waals surface area contributed by atoms with Gasteiger partial charge in [0.1, 0.15) is 0 Å². The van der Waals surface area contributed by atoms with E-state index in [1.165, 1.54) is 109 Å². The monoisotopic (exact) mass is 376 g/mol. The molecule has 2 rings (SSSR count). The normalized spacial score (nSPS) is 29.4. The van der Waals surface area contributed by atoms with E-state index in [1.807, 2.05) is 0 Å². The number of hydrogen-bond donors (Lipinski definition) is 0. The Kier molecular flexibility index (Phi) is 12.5. The van der Waals surface area contributed by atoms with Gasteiger partial charge >= 0.3 is 0 Å². The van der Waals surface area contributed by atoms with Crippen molar-refractivity contribution in [3.05, 3.63) is 12.2 Å². The molecule has 0 bridgehead atoms. The van der Waals surface area contributed by atoms with E-state index in [2.05, 4.69) is 26.0 Å². The van der Waals surface area contributed by atoms with Crippen molar-refractivity contribution in [2.45, 2.75) is 129 Å². The Morgan fingerprint density at radius 2 is 1.22 bits per heavy atom. The van der Waals surface area contributed by atoms with Crippen LogP contribution in [0.3, 0.4) is 0 Å². The molecule has 2 aliphatic rings. The highest BCUT2D eigenvalue weighted by atomic mass is 16.5. The predicted octanol–water partition coefficient (Wildman–Crippen LogP) is 8.48. The summed E-state index contributed by atoms with van der Waals surface area (Å²) < 4.78 is 6.16. The van der Waals surface area contributed by atoms with E-state index < -0.39 is 0 Å². The first-order valence-corrected chi connectivity index (χ1v) is 12.6. The summed E-state index contributed by atoms with van der Waals surface area (Å²) in [5.74, 6) is 2.84. The molecular formula is C26H48O. The third-order valence-corrected chi connectivity index (χ3v) is 7.20. The second kappa shape index (κ2) is 14.7. The average molecular weight is 377 g/mol. The molecule has 2 saturated carbocycles. The first-order valence-electron chi connectivity index (χ1n) is 12.6. The Bertz CT molecular complexity index is 358. The first kappa shape index (κ1) is 23.0. The summed E-state index contributed by atoms with van der Waals surface area (Å²) in [5, 5.41) is 0. The standard InChI is InChI=1S/C26H48O/c1-3-5-7-9-12-23-14-16-25(17-15-23)13-10-22-27-26-20-18-24(19-21-26)11-8-6-4-2/h10,13,23-26H,3-9,11-12,14-22H2,1-2H3. The topological polar surface area (TPSA) is 9.23 Å². The molecule has 0 unspecified atom stereocenters. The number of unbranched alkanes of at least 4 members (excludes halogenated alkanes) is 5. The van der Waals surface area contributed by atoms with Crippen LogP contribution in [0.25, 0.3) is 0 Å². The minimum atomic E-state index is 0.538. The highest BCUT2D eigenvalue weighted by molar-refractivity contribution is 4.91. The molecular weight excluding hydrogens is 328 g/mol. The zero-order chi connectivity index (χ0) is 19.2. The van der Waals surface area contributed by atoms with Crippen molar-refractivity contribution in [1.29, 1.82) is 0 Å². The van der Waals surface area contributed by atoms with Crippen LogP contribution in [0.2, 0.25) is 0 Å². The van der Waals surface area contributed by atoms with E-state index in [9.17, 15) is 0 Å². The highest BCUT2D eigenvalue weighted by Crippen LogP contribution is 2.33. The van der Waals surface area contributed by atoms with Crippen molar-refractivity contribution >= 4 is 0 Å². The van der Waals surface area contributed by atoms with E-state index in [0.717, 1.165) is 24.4 Å². The number of ether oxygens (including phenoxy) is 1. The van der Waals surface area contributed by atoms with Gasteiger partial charge in [0.2, 0.25) is 0 Å².